The molecule has 9 heteroatoms. The lowest BCUT2D eigenvalue weighted by atomic mass is 10.1. The van der Waals surface area contributed by atoms with Crippen molar-refractivity contribution in [3.05, 3.63) is 77.9 Å². The van der Waals surface area contributed by atoms with Gasteiger partial charge in [0.1, 0.15) is 17.1 Å². The van der Waals surface area contributed by atoms with Crippen molar-refractivity contribution in [1.82, 2.24) is 4.72 Å². The molecule has 2 aromatic heterocycles. The zero-order valence-electron chi connectivity index (χ0n) is 16.8. The van der Waals surface area contributed by atoms with Crippen molar-refractivity contribution < 1.29 is 26.8 Å². The minimum absolute atomic E-state index is 0.0166. The highest BCUT2D eigenvalue weighted by atomic mass is 32.2. The molecule has 0 atom stereocenters. The molecule has 0 spiro atoms. The normalized spacial score (nSPS) is 11.5. The highest BCUT2D eigenvalue weighted by Crippen LogP contribution is 2.29. The second-order valence-electron chi connectivity index (χ2n) is 6.80. The van der Waals surface area contributed by atoms with E-state index in [1.165, 1.54) is 18.4 Å². The molecule has 0 unspecified atom stereocenters. The average molecular weight is 440 g/mol. The number of benzene rings is 2. The summed E-state index contributed by atoms with van der Waals surface area (Å²) in [5.74, 6) is 0.812. The van der Waals surface area contributed by atoms with Gasteiger partial charge in [-0.2, -0.15) is 0 Å². The van der Waals surface area contributed by atoms with Gasteiger partial charge >= 0.3 is 0 Å². The summed E-state index contributed by atoms with van der Waals surface area (Å²) >= 11 is 0. The number of carbonyl (C=O) groups excluding carboxylic acids is 1. The first kappa shape index (κ1) is 20.7. The minimum atomic E-state index is -3.79. The Hall–Kier alpha value is -3.56. The summed E-state index contributed by atoms with van der Waals surface area (Å²) in [6, 6.07) is 14.6. The fraction of sp³-hybridized carbons (Fsp3) is 0.136. The number of rotatable bonds is 7. The summed E-state index contributed by atoms with van der Waals surface area (Å²) < 4.78 is 43.7. The topological polar surface area (TPSA) is 111 Å². The maximum Gasteiger partial charge on any atom is 0.291 e. The summed E-state index contributed by atoms with van der Waals surface area (Å²) in [6.45, 7) is 1.80. The average Bonchev–Trinajstić information content (AvgIpc) is 3.40. The monoisotopic (exact) mass is 440 g/mol. The molecule has 0 fully saturated rings. The second kappa shape index (κ2) is 8.29. The van der Waals surface area contributed by atoms with E-state index >= 15 is 0 Å². The third-order valence-corrected chi connectivity index (χ3v) is 6.17. The fourth-order valence-electron chi connectivity index (χ4n) is 3.14. The van der Waals surface area contributed by atoms with E-state index in [-0.39, 0.29) is 17.2 Å². The van der Waals surface area contributed by atoms with Crippen molar-refractivity contribution in [1.29, 1.82) is 0 Å². The molecule has 0 bridgehead atoms. The highest BCUT2D eigenvalue weighted by molar-refractivity contribution is 7.89. The number of hydrogen-bond acceptors (Lipinski definition) is 6. The van der Waals surface area contributed by atoms with Gasteiger partial charge in [0, 0.05) is 16.6 Å². The van der Waals surface area contributed by atoms with Gasteiger partial charge in [-0.25, -0.2) is 13.1 Å². The Kier molecular flexibility index (Phi) is 5.53. The first-order valence-corrected chi connectivity index (χ1v) is 10.9. The standard InChI is InChI=1S/C22H20N2O6S/c1-14-19-12-16(28-2)8-9-20(19)30-21(14)22(25)24-15-5-3-7-18(11-15)31(26,27)23-13-17-6-4-10-29-17/h3-12,23H,13H2,1-2H3,(H,24,25). The molecule has 8 nitrogen and oxygen atoms in total. The molecule has 2 aromatic carbocycles. The number of anilines is 1. The molecule has 0 saturated carbocycles. The molecule has 4 aromatic rings. The first-order valence-electron chi connectivity index (χ1n) is 9.38. The van der Waals surface area contributed by atoms with Crippen LogP contribution in [0.25, 0.3) is 11.0 Å². The van der Waals surface area contributed by atoms with Crippen LogP contribution in [-0.2, 0) is 16.6 Å². The number of carbonyl (C=O) groups is 1. The maximum atomic E-state index is 12.8. The van der Waals surface area contributed by atoms with E-state index in [1.807, 2.05) is 0 Å². The number of aryl methyl sites for hydroxylation is 1. The number of ether oxygens (including phenoxy) is 1. The van der Waals surface area contributed by atoms with E-state index in [0.717, 1.165) is 5.39 Å². The Bertz CT molecular complexity index is 1340. The fourth-order valence-corrected chi connectivity index (χ4v) is 4.17. The van der Waals surface area contributed by atoms with Crippen LogP contribution in [0.2, 0.25) is 0 Å². The van der Waals surface area contributed by atoms with Gasteiger partial charge in [0.2, 0.25) is 10.0 Å². The van der Waals surface area contributed by atoms with Gasteiger partial charge in [0.25, 0.3) is 5.91 Å². The number of furan rings is 2. The number of nitrogens with one attached hydrogen (secondary N) is 2. The SMILES string of the molecule is COc1ccc2oc(C(=O)Nc3cccc(S(=O)(=O)NCc4ccco4)c3)c(C)c2c1. The largest absolute Gasteiger partial charge is 0.497 e. The molecule has 1 amide bonds. The third-order valence-electron chi connectivity index (χ3n) is 4.77. The maximum absolute atomic E-state index is 12.8. The Balaban J connectivity index is 1.54. The third kappa shape index (κ3) is 4.32. The number of methoxy groups -OCH3 is 1. The molecule has 0 aliphatic heterocycles. The van der Waals surface area contributed by atoms with Gasteiger partial charge in [-0.3, -0.25) is 4.79 Å². The molecule has 2 N–H and O–H groups in total. The summed E-state index contributed by atoms with van der Waals surface area (Å²) in [6.07, 6.45) is 1.47. The smallest absolute Gasteiger partial charge is 0.291 e. The number of fused-ring (bicyclic) bond motifs is 1. The highest BCUT2D eigenvalue weighted by Gasteiger charge is 2.20. The Morgan fingerprint density at radius 1 is 1.10 bits per heavy atom. The molecule has 0 aliphatic carbocycles. The molecule has 4 rings (SSSR count). The number of sulfonamides is 1. The molecular weight excluding hydrogens is 420 g/mol. The van der Waals surface area contributed by atoms with Crippen molar-refractivity contribution in [2.45, 2.75) is 18.4 Å². The van der Waals surface area contributed by atoms with Crippen LogP contribution >= 0.6 is 0 Å². The zero-order valence-corrected chi connectivity index (χ0v) is 17.7. The van der Waals surface area contributed by atoms with Crippen LogP contribution in [-0.4, -0.2) is 21.4 Å². The van der Waals surface area contributed by atoms with Crippen molar-refractivity contribution in [3.8, 4) is 5.75 Å². The Morgan fingerprint density at radius 2 is 1.94 bits per heavy atom. The summed E-state index contributed by atoms with van der Waals surface area (Å²) in [5, 5.41) is 3.46. The molecule has 0 radical (unpaired) electrons. The van der Waals surface area contributed by atoms with E-state index in [0.29, 0.717) is 28.3 Å². The Morgan fingerprint density at radius 3 is 2.68 bits per heavy atom. The van der Waals surface area contributed by atoms with Crippen LogP contribution in [0.1, 0.15) is 21.9 Å². The predicted molar refractivity (Wildman–Crippen MR) is 115 cm³/mol. The summed E-state index contributed by atoms with van der Waals surface area (Å²) in [5.41, 5.74) is 1.54. The van der Waals surface area contributed by atoms with Gasteiger partial charge in [-0.15, -0.1) is 0 Å². The zero-order chi connectivity index (χ0) is 22.0. The number of amides is 1. The van der Waals surface area contributed by atoms with Gasteiger partial charge in [-0.1, -0.05) is 6.07 Å². The van der Waals surface area contributed by atoms with E-state index in [4.69, 9.17) is 13.6 Å². The molecule has 2 heterocycles. The molecular formula is C22H20N2O6S. The van der Waals surface area contributed by atoms with Crippen LogP contribution in [0.15, 0.2) is 74.6 Å². The first-order chi connectivity index (χ1) is 14.9. The molecule has 31 heavy (non-hydrogen) atoms. The lowest BCUT2D eigenvalue weighted by Crippen LogP contribution is -2.23. The van der Waals surface area contributed by atoms with Gasteiger partial charge in [0.05, 0.1) is 24.8 Å². The van der Waals surface area contributed by atoms with E-state index in [2.05, 4.69) is 10.0 Å². The second-order valence-corrected chi connectivity index (χ2v) is 8.57. The van der Waals surface area contributed by atoms with Crippen LogP contribution in [0.4, 0.5) is 5.69 Å². The summed E-state index contributed by atoms with van der Waals surface area (Å²) in [4.78, 5) is 12.8. The van der Waals surface area contributed by atoms with Crippen molar-refractivity contribution >= 4 is 32.6 Å². The van der Waals surface area contributed by atoms with E-state index in [9.17, 15) is 13.2 Å². The van der Waals surface area contributed by atoms with Crippen LogP contribution in [0.5, 0.6) is 5.75 Å². The van der Waals surface area contributed by atoms with Crippen LogP contribution < -0.4 is 14.8 Å². The number of hydrogen-bond donors (Lipinski definition) is 2. The van der Waals surface area contributed by atoms with Crippen molar-refractivity contribution in [3.63, 3.8) is 0 Å². The lowest BCUT2D eigenvalue weighted by Gasteiger charge is -2.08. The predicted octanol–water partition coefficient (Wildman–Crippen LogP) is 4.07. The van der Waals surface area contributed by atoms with E-state index < -0.39 is 15.9 Å². The summed E-state index contributed by atoms with van der Waals surface area (Å²) in [7, 11) is -2.23. The molecule has 0 saturated heterocycles. The van der Waals surface area contributed by atoms with Crippen LogP contribution in [0.3, 0.4) is 0 Å². The van der Waals surface area contributed by atoms with Gasteiger partial charge in [0.15, 0.2) is 5.76 Å². The van der Waals surface area contributed by atoms with Gasteiger partial charge in [-0.05, 0) is 55.5 Å². The Labute approximate surface area is 178 Å². The minimum Gasteiger partial charge on any atom is -0.497 e. The quantitative estimate of drug-likeness (QED) is 0.448. The molecule has 0 aliphatic rings. The molecule has 160 valence electrons. The van der Waals surface area contributed by atoms with Crippen LogP contribution in [0, 0.1) is 6.92 Å². The van der Waals surface area contributed by atoms with E-state index in [1.54, 1.807) is 56.5 Å². The van der Waals surface area contributed by atoms with Crippen molar-refractivity contribution in [2.75, 3.05) is 12.4 Å². The van der Waals surface area contributed by atoms with Crippen molar-refractivity contribution in [2.24, 2.45) is 0 Å². The lowest BCUT2D eigenvalue weighted by molar-refractivity contribution is 0.0998. The van der Waals surface area contributed by atoms with Gasteiger partial charge < -0.3 is 18.9 Å².